The summed E-state index contributed by atoms with van der Waals surface area (Å²) < 4.78 is 5.34. The number of benzene rings is 2. The highest BCUT2D eigenvalue weighted by Gasteiger charge is 2.12. The molecule has 0 bridgehead atoms. The Bertz CT molecular complexity index is 720. The Hall–Kier alpha value is -2.86. The van der Waals surface area contributed by atoms with E-state index in [2.05, 4.69) is 10.2 Å². The molecule has 1 fully saturated rings. The van der Waals surface area contributed by atoms with Gasteiger partial charge < -0.3 is 20.7 Å². The molecule has 0 radical (unpaired) electrons. The molecule has 0 saturated carbocycles. The number of ether oxygens (including phenoxy) is 1. The summed E-state index contributed by atoms with van der Waals surface area (Å²) in [5.74, 6) is -0.745. The van der Waals surface area contributed by atoms with Gasteiger partial charge in [0.05, 0.1) is 13.2 Å². The van der Waals surface area contributed by atoms with Crippen LogP contribution in [0.4, 0.5) is 11.4 Å². The van der Waals surface area contributed by atoms with Crippen LogP contribution in [-0.4, -0.2) is 38.1 Å². The van der Waals surface area contributed by atoms with Crippen molar-refractivity contribution in [2.45, 2.75) is 0 Å². The van der Waals surface area contributed by atoms with Gasteiger partial charge in [0.25, 0.3) is 5.91 Å². The van der Waals surface area contributed by atoms with E-state index >= 15 is 0 Å². The number of primary amides is 1. The van der Waals surface area contributed by atoms with E-state index in [1.807, 2.05) is 24.3 Å². The van der Waals surface area contributed by atoms with Crippen molar-refractivity contribution < 1.29 is 14.3 Å². The highest BCUT2D eigenvalue weighted by Crippen LogP contribution is 2.19. The monoisotopic (exact) mass is 325 g/mol. The maximum atomic E-state index is 12.2. The molecule has 1 heterocycles. The average Bonchev–Trinajstić information content (AvgIpc) is 2.63. The molecule has 0 atom stereocenters. The van der Waals surface area contributed by atoms with E-state index in [0.29, 0.717) is 11.1 Å². The molecular formula is C18H19N3O3. The smallest absolute Gasteiger partial charge is 0.255 e. The lowest BCUT2D eigenvalue weighted by molar-refractivity contribution is 0.0995. The Morgan fingerprint density at radius 3 is 2.08 bits per heavy atom. The van der Waals surface area contributed by atoms with E-state index in [0.717, 1.165) is 37.7 Å². The van der Waals surface area contributed by atoms with Crippen LogP contribution in [0.25, 0.3) is 0 Å². The Balaban J connectivity index is 1.64. The van der Waals surface area contributed by atoms with Gasteiger partial charge in [-0.25, -0.2) is 0 Å². The summed E-state index contributed by atoms with van der Waals surface area (Å²) in [6.07, 6.45) is 0. The van der Waals surface area contributed by atoms with Crippen LogP contribution in [0.5, 0.6) is 0 Å². The highest BCUT2D eigenvalue weighted by atomic mass is 16.5. The quantitative estimate of drug-likeness (QED) is 0.899. The summed E-state index contributed by atoms with van der Waals surface area (Å²) in [5, 5.41) is 2.84. The van der Waals surface area contributed by atoms with E-state index in [-0.39, 0.29) is 5.91 Å². The summed E-state index contributed by atoms with van der Waals surface area (Å²) in [6.45, 7) is 3.22. The van der Waals surface area contributed by atoms with Gasteiger partial charge in [-0.15, -0.1) is 0 Å². The standard InChI is InChI=1S/C18H19N3O3/c19-17(22)13-1-3-14(4-2-13)18(23)20-15-5-7-16(8-6-15)21-9-11-24-12-10-21/h1-8H,9-12H2,(H2,19,22)(H,20,23). The Morgan fingerprint density at radius 2 is 1.50 bits per heavy atom. The summed E-state index contributed by atoms with van der Waals surface area (Å²) >= 11 is 0. The first-order chi connectivity index (χ1) is 11.6. The number of nitrogens with one attached hydrogen (secondary N) is 1. The van der Waals surface area contributed by atoms with Gasteiger partial charge in [-0.2, -0.15) is 0 Å². The minimum absolute atomic E-state index is 0.231. The minimum Gasteiger partial charge on any atom is -0.378 e. The van der Waals surface area contributed by atoms with Crippen LogP contribution in [0.15, 0.2) is 48.5 Å². The average molecular weight is 325 g/mol. The Labute approximate surface area is 140 Å². The first kappa shape index (κ1) is 16.0. The maximum absolute atomic E-state index is 12.2. The molecule has 0 aliphatic carbocycles. The number of nitrogens with zero attached hydrogens (tertiary/aromatic N) is 1. The van der Waals surface area contributed by atoms with Crippen LogP contribution >= 0.6 is 0 Å². The molecule has 0 aromatic heterocycles. The third-order valence-corrected chi connectivity index (χ3v) is 3.93. The number of morpholine rings is 1. The molecule has 6 nitrogen and oxygen atoms in total. The fraction of sp³-hybridized carbons (Fsp3) is 0.222. The van der Waals surface area contributed by atoms with Crippen molar-refractivity contribution in [3.63, 3.8) is 0 Å². The molecule has 0 unspecified atom stereocenters. The number of amides is 2. The third kappa shape index (κ3) is 3.72. The summed E-state index contributed by atoms with van der Waals surface area (Å²) in [5.41, 5.74) is 7.87. The van der Waals surface area contributed by atoms with Gasteiger partial charge in [-0.1, -0.05) is 0 Å². The molecular weight excluding hydrogens is 306 g/mol. The second kappa shape index (κ2) is 7.14. The second-order valence-electron chi connectivity index (χ2n) is 5.54. The summed E-state index contributed by atoms with van der Waals surface area (Å²) in [7, 11) is 0. The van der Waals surface area contributed by atoms with Gasteiger partial charge >= 0.3 is 0 Å². The molecule has 24 heavy (non-hydrogen) atoms. The van der Waals surface area contributed by atoms with Crippen LogP contribution in [0.2, 0.25) is 0 Å². The number of carbonyl (C=O) groups is 2. The maximum Gasteiger partial charge on any atom is 0.255 e. The Kier molecular flexibility index (Phi) is 4.77. The molecule has 6 heteroatoms. The van der Waals surface area contributed by atoms with E-state index in [4.69, 9.17) is 10.5 Å². The number of rotatable bonds is 4. The van der Waals surface area contributed by atoms with Crippen LogP contribution in [0.1, 0.15) is 20.7 Å². The van der Waals surface area contributed by atoms with Crippen molar-refractivity contribution in [3.05, 3.63) is 59.7 Å². The number of nitrogens with two attached hydrogens (primary N) is 1. The number of hydrogen-bond acceptors (Lipinski definition) is 4. The molecule has 1 aliphatic rings. The van der Waals surface area contributed by atoms with Crippen molar-refractivity contribution in [1.29, 1.82) is 0 Å². The zero-order valence-corrected chi connectivity index (χ0v) is 13.2. The van der Waals surface area contributed by atoms with E-state index in [1.165, 1.54) is 0 Å². The molecule has 0 spiro atoms. The lowest BCUT2D eigenvalue weighted by Gasteiger charge is -2.28. The van der Waals surface area contributed by atoms with Crippen molar-refractivity contribution in [3.8, 4) is 0 Å². The fourth-order valence-corrected chi connectivity index (χ4v) is 2.57. The third-order valence-electron chi connectivity index (χ3n) is 3.93. The zero-order chi connectivity index (χ0) is 16.9. The molecule has 3 N–H and O–H groups in total. The molecule has 2 aromatic rings. The van der Waals surface area contributed by atoms with E-state index in [1.54, 1.807) is 24.3 Å². The first-order valence-corrected chi connectivity index (χ1v) is 7.77. The van der Waals surface area contributed by atoms with Crippen LogP contribution < -0.4 is 16.0 Å². The number of carbonyl (C=O) groups excluding carboxylic acids is 2. The fourth-order valence-electron chi connectivity index (χ4n) is 2.57. The van der Waals surface area contributed by atoms with Gasteiger partial charge in [0.15, 0.2) is 0 Å². The van der Waals surface area contributed by atoms with Gasteiger partial charge in [-0.05, 0) is 48.5 Å². The zero-order valence-electron chi connectivity index (χ0n) is 13.2. The van der Waals surface area contributed by atoms with Gasteiger partial charge in [0, 0.05) is 35.6 Å². The van der Waals surface area contributed by atoms with Crippen LogP contribution in [0.3, 0.4) is 0 Å². The van der Waals surface area contributed by atoms with Crippen LogP contribution in [0, 0.1) is 0 Å². The normalized spacial score (nSPS) is 14.2. The van der Waals surface area contributed by atoms with Crippen molar-refractivity contribution in [2.24, 2.45) is 5.73 Å². The predicted octanol–water partition coefficient (Wildman–Crippen LogP) is 1.87. The lowest BCUT2D eigenvalue weighted by atomic mass is 10.1. The molecule has 2 aromatic carbocycles. The lowest BCUT2D eigenvalue weighted by Crippen LogP contribution is -2.36. The Morgan fingerprint density at radius 1 is 0.917 bits per heavy atom. The van der Waals surface area contributed by atoms with Crippen LogP contribution in [-0.2, 0) is 4.74 Å². The van der Waals surface area contributed by atoms with Crippen molar-refractivity contribution >= 4 is 23.2 Å². The highest BCUT2D eigenvalue weighted by molar-refractivity contribution is 6.05. The topological polar surface area (TPSA) is 84.7 Å². The molecule has 124 valence electrons. The summed E-state index contributed by atoms with van der Waals surface area (Å²) in [6, 6.07) is 14.0. The second-order valence-corrected chi connectivity index (χ2v) is 5.54. The van der Waals surface area contributed by atoms with E-state index < -0.39 is 5.91 Å². The number of anilines is 2. The van der Waals surface area contributed by atoms with Gasteiger partial charge in [0.2, 0.25) is 5.91 Å². The van der Waals surface area contributed by atoms with Gasteiger partial charge in [0.1, 0.15) is 0 Å². The summed E-state index contributed by atoms with van der Waals surface area (Å²) in [4.78, 5) is 25.5. The van der Waals surface area contributed by atoms with Crippen molar-refractivity contribution in [1.82, 2.24) is 0 Å². The SMILES string of the molecule is NC(=O)c1ccc(C(=O)Nc2ccc(N3CCOCC3)cc2)cc1. The molecule has 3 rings (SSSR count). The van der Waals surface area contributed by atoms with Crippen molar-refractivity contribution in [2.75, 3.05) is 36.5 Å². The largest absolute Gasteiger partial charge is 0.378 e. The molecule has 1 aliphatic heterocycles. The molecule has 2 amide bonds. The number of hydrogen-bond donors (Lipinski definition) is 2. The van der Waals surface area contributed by atoms with Gasteiger partial charge in [-0.3, -0.25) is 9.59 Å². The van der Waals surface area contributed by atoms with E-state index in [9.17, 15) is 9.59 Å². The first-order valence-electron chi connectivity index (χ1n) is 7.77. The molecule has 1 saturated heterocycles. The predicted molar refractivity (Wildman–Crippen MR) is 92.4 cm³/mol. The minimum atomic E-state index is -0.513.